The maximum absolute atomic E-state index is 11.6. The lowest BCUT2D eigenvalue weighted by Gasteiger charge is -2.47. The number of benzene rings is 2. The molecule has 1 aliphatic heterocycles. The second kappa shape index (κ2) is 10.6. The van der Waals surface area contributed by atoms with Gasteiger partial charge in [-0.25, -0.2) is 9.78 Å². The van der Waals surface area contributed by atoms with Gasteiger partial charge in [0.15, 0.2) is 5.13 Å². The Labute approximate surface area is 241 Å². The Hall–Kier alpha value is -2.85. The van der Waals surface area contributed by atoms with E-state index in [2.05, 4.69) is 42.7 Å². The molecule has 0 amide bonds. The van der Waals surface area contributed by atoms with Crippen LogP contribution in [0.4, 0.5) is 5.13 Å². The molecule has 1 aliphatic rings. The summed E-state index contributed by atoms with van der Waals surface area (Å²) in [5.74, 6) is 0.438. The predicted octanol–water partition coefficient (Wildman–Crippen LogP) is 7.19. The number of hydrogen-bond acceptors (Lipinski definition) is 8. The van der Waals surface area contributed by atoms with Gasteiger partial charge in [0.1, 0.15) is 22.7 Å². The van der Waals surface area contributed by atoms with Gasteiger partial charge >= 0.3 is 5.97 Å². The molecule has 2 aromatic carbocycles. The van der Waals surface area contributed by atoms with Gasteiger partial charge in [-0.05, 0) is 38.1 Å². The van der Waals surface area contributed by atoms with Crippen molar-refractivity contribution in [1.82, 2.24) is 15.0 Å². The van der Waals surface area contributed by atoms with E-state index < -0.39 is 5.97 Å². The van der Waals surface area contributed by atoms with E-state index in [1.165, 1.54) is 24.5 Å². The fraction of sp³-hybridized carbons (Fsp3) is 0.393. The summed E-state index contributed by atoms with van der Waals surface area (Å²) in [5, 5.41) is 15.8. The monoisotopic (exact) mass is 588 g/mol. The summed E-state index contributed by atoms with van der Waals surface area (Å²) in [5.41, 5.74) is 2.97. The van der Waals surface area contributed by atoms with E-state index in [9.17, 15) is 9.90 Å². The molecule has 11 heteroatoms. The molecule has 2 aromatic heterocycles. The number of ether oxygens (including phenoxy) is 1. The third kappa shape index (κ3) is 5.20. The van der Waals surface area contributed by atoms with Crippen LogP contribution in [0.2, 0.25) is 10.0 Å². The van der Waals surface area contributed by atoms with Crippen molar-refractivity contribution in [2.45, 2.75) is 45.7 Å². The minimum absolute atomic E-state index is 0.144. The molecule has 0 unspecified atom stereocenters. The number of carbonyl (C=O) groups is 1. The summed E-state index contributed by atoms with van der Waals surface area (Å²) >= 11 is 14.6. The third-order valence-corrected chi connectivity index (χ3v) is 8.71. The number of aromatic carboxylic acids is 1. The molecular weight excluding hydrogens is 559 g/mol. The number of aromatic nitrogens is 2. The number of hydrogen-bond donors (Lipinski definition) is 1. The number of piperazine rings is 1. The lowest BCUT2D eigenvalue weighted by molar-refractivity contribution is 0.0696. The van der Waals surface area contributed by atoms with Crippen molar-refractivity contribution in [2.24, 2.45) is 0 Å². The smallest absolute Gasteiger partial charge is 0.335 e. The molecule has 39 heavy (non-hydrogen) atoms. The molecular formula is C28H30Cl2N4O4S. The average Bonchev–Trinajstić information content (AvgIpc) is 3.47. The largest absolute Gasteiger partial charge is 0.494 e. The first-order valence-electron chi connectivity index (χ1n) is 12.6. The van der Waals surface area contributed by atoms with Crippen LogP contribution in [0.5, 0.6) is 5.75 Å². The first-order chi connectivity index (χ1) is 18.5. The van der Waals surface area contributed by atoms with E-state index in [1.807, 2.05) is 18.2 Å². The van der Waals surface area contributed by atoms with Crippen molar-refractivity contribution in [3.05, 3.63) is 57.3 Å². The number of anilines is 1. The number of nitrogens with zero attached hydrogens (tertiary/aromatic N) is 4. The van der Waals surface area contributed by atoms with E-state index in [-0.39, 0.29) is 17.0 Å². The van der Waals surface area contributed by atoms with Crippen LogP contribution in [0, 0.1) is 0 Å². The van der Waals surface area contributed by atoms with Gasteiger partial charge in [-0.15, -0.1) is 0 Å². The molecule has 0 saturated carbocycles. The van der Waals surface area contributed by atoms with Gasteiger partial charge in [0.05, 0.1) is 27.4 Å². The lowest BCUT2D eigenvalue weighted by Crippen LogP contribution is -2.59. The summed E-state index contributed by atoms with van der Waals surface area (Å²) in [6.07, 6.45) is 0. The van der Waals surface area contributed by atoms with Crippen LogP contribution in [-0.2, 0) is 6.54 Å². The summed E-state index contributed by atoms with van der Waals surface area (Å²) < 4.78 is 12.1. The van der Waals surface area contributed by atoms with Crippen molar-refractivity contribution in [3.63, 3.8) is 0 Å². The maximum atomic E-state index is 11.6. The zero-order valence-electron chi connectivity index (χ0n) is 22.4. The Morgan fingerprint density at radius 2 is 1.95 bits per heavy atom. The number of thiazole rings is 1. The van der Waals surface area contributed by atoms with E-state index in [0.717, 1.165) is 40.8 Å². The summed E-state index contributed by atoms with van der Waals surface area (Å²) in [6, 6.07) is 8.62. The van der Waals surface area contributed by atoms with Crippen LogP contribution in [0.25, 0.3) is 21.5 Å². The highest BCUT2D eigenvalue weighted by Crippen LogP contribution is 2.41. The summed E-state index contributed by atoms with van der Waals surface area (Å²) in [4.78, 5) is 21.1. The van der Waals surface area contributed by atoms with Gasteiger partial charge in [-0.2, -0.15) is 0 Å². The number of carboxylic acids is 1. The van der Waals surface area contributed by atoms with Gasteiger partial charge in [-0.3, -0.25) is 4.90 Å². The van der Waals surface area contributed by atoms with Gasteiger partial charge in [0.2, 0.25) is 0 Å². The van der Waals surface area contributed by atoms with E-state index in [1.54, 1.807) is 6.07 Å². The molecule has 206 valence electrons. The number of rotatable bonds is 7. The second-order valence-electron chi connectivity index (χ2n) is 10.6. The molecule has 3 heterocycles. The van der Waals surface area contributed by atoms with Crippen molar-refractivity contribution >= 4 is 55.9 Å². The second-order valence-corrected chi connectivity index (χ2v) is 12.5. The molecule has 1 N–H and O–H groups in total. The van der Waals surface area contributed by atoms with Gasteiger partial charge < -0.3 is 19.3 Å². The standard InChI is InChI=1S/C28H30Cl2N4O4S/c1-15(2)25-17(23(32-38-25)22-18(29)7-6-8-19(22)30)13-33-9-10-34(28(3,4)14-33)27-31-24-20(37-5)11-16(26(35)36)12-21(24)39-27/h6-8,11-12,15H,9-10,13-14H2,1-5H3,(H,35,36). The van der Waals surface area contributed by atoms with Crippen LogP contribution >= 0.6 is 34.5 Å². The molecule has 0 aliphatic carbocycles. The SMILES string of the molecule is COc1cc(C(=O)O)cc2sc(N3CCN(Cc4c(-c5c(Cl)cccc5Cl)noc4C(C)C)CC3(C)C)nc12. The average molecular weight is 590 g/mol. The van der Waals surface area contributed by atoms with Gasteiger partial charge in [0.25, 0.3) is 0 Å². The molecule has 0 atom stereocenters. The molecule has 0 spiro atoms. The molecule has 1 fully saturated rings. The quantitative estimate of drug-likeness (QED) is 0.242. The van der Waals surface area contributed by atoms with Crippen LogP contribution in [-0.4, -0.2) is 58.4 Å². The number of methoxy groups -OCH3 is 1. The minimum atomic E-state index is -0.994. The van der Waals surface area contributed by atoms with Crippen LogP contribution in [0.1, 0.15) is 55.3 Å². The third-order valence-electron chi connectivity index (χ3n) is 7.05. The maximum Gasteiger partial charge on any atom is 0.335 e. The minimum Gasteiger partial charge on any atom is -0.494 e. The number of carboxylic acid groups (broad SMARTS) is 1. The molecule has 8 nitrogen and oxygen atoms in total. The molecule has 1 saturated heterocycles. The van der Waals surface area contributed by atoms with Crippen molar-refractivity contribution in [1.29, 1.82) is 0 Å². The van der Waals surface area contributed by atoms with Crippen LogP contribution in [0.15, 0.2) is 34.9 Å². The zero-order valence-corrected chi connectivity index (χ0v) is 24.7. The zero-order chi connectivity index (χ0) is 28.1. The van der Waals surface area contributed by atoms with Crippen LogP contribution < -0.4 is 9.64 Å². The fourth-order valence-electron chi connectivity index (χ4n) is 5.20. The first-order valence-corrected chi connectivity index (χ1v) is 14.2. The highest BCUT2D eigenvalue weighted by molar-refractivity contribution is 7.22. The topological polar surface area (TPSA) is 91.9 Å². The van der Waals surface area contributed by atoms with Crippen molar-refractivity contribution < 1.29 is 19.2 Å². The van der Waals surface area contributed by atoms with Crippen molar-refractivity contribution in [3.8, 4) is 17.0 Å². The summed E-state index contributed by atoms with van der Waals surface area (Å²) in [6.45, 7) is 11.5. The van der Waals surface area contributed by atoms with Gasteiger partial charge in [-0.1, -0.05) is 59.6 Å². The molecule has 5 rings (SSSR count). The highest BCUT2D eigenvalue weighted by atomic mass is 35.5. The van der Waals surface area contributed by atoms with Gasteiger partial charge in [0, 0.05) is 48.8 Å². The molecule has 0 radical (unpaired) electrons. The fourth-order valence-corrected chi connectivity index (χ4v) is 6.99. The normalized spacial score (nSPS) is 15.8. The van der Waals surface area contributed by atoms with E-state index in [4.69, 9.17) is 37.4 Å². The van der Waals surface area contributed by atoms with E-state index in [0.29, 0.717) is 39.1 Å². The first kappa shape index (κ1) is 27.7. The summed E-state index contributed by atoms with van der Waals surface area (Å²) in [7, 11) is 1.53. The number of halogens is 2. The lowest BCUT2D eigenvalue weighted by atomic mass is 9.96. The van der Waals surface area contributed by atoms with Crippen LogP contribution in [0.3, 0.4) is 0 Å². The number of fused-ring (bicyclic) bond motifs is 1. The Morgan fingerprint density at radius 1 is 1.23 bits per heavy atom. The molecule has 0 bridgehead atoms. The Bertz CT molecular complexity index is 1530. The molecule has 4 aromatic rings. The highest BCUT2D eigenvalue weighted by Gasteiger charge is 2.37. The Balaban J connectivity index is 1.44. The Morgan fingerprint density at radius 3 is 2.56 bits per heavy atom. The predicted molar refractivity (Wildman–Crippen MR) is 156 cm³/mol. The Kier molecular flexibility index (Phi) is 7.54. The van der Waals surface area contributed by atoms with E-state index >= 15 is 0 Å². The van der Waals surface area contributed by atoms with Crippen molar-refractivity contribution in [2.75, 3.05) is 31.6 Å².